The molecule has 0 saturated carbocycles. The van der Waals surface area contributed by atoms with Crippen molar-refractivity contribution < 1.29 is 23.9 Å². The van der Waals surface area contributed by atoms with Gasteiger partial charge >= 0.3 is 5.97 Å². The van der Waals surface area contributed by atoms with Crippen molar-refractivity contribution >= 4 is 51.1 Å². The number of benzene rings is 1. The molecule has 9 heteroatoms. The number of thiophene rings is 2. The predicted molar refractivity (Wildman–Crippen MR) is 126 cm³/mol. The number of amides is 2. The molecule has 0 saturated heterocycles. The molecule has 1 aliphatic rings. The number of esters is 1. The van der Waals surface area contributed by atoms with Crippen LogP contribution in [0.25, 0.3) is 10.4 Å². The van der Waals surface area contributed by atoms with Gasteiger partial charge in [-0.15, -0.1) is 22.7 Å². The van der Waals surface area contributed by atoms with E-state index in [1.165, 1.54) is 34.5 Å². The van der Waals surface area contributed by atoms with Gasteiger partial charge < -0.3 is 19.7 Å². The van der Waals surface area contributed by atoms with Crippen molar-refractivity contribution in [1.82, 2.24) is 0 Å². The molecular formula is C23H22N2O5S2. The lowest BCUT2D eigenvalue weighted by molar-refractivity contribution is -0.145. The Labute approximate surface area is 193 Å². The van der Waals surface area contributed by atoms with E-state index in [1.807, 2.05) is 30.5 Å². The minimum Gasteiger partial charge on any atom is -0.465 e. The molecule has 7 nitrogen and oxygen atoms in total. The van der Waals surface area contributed by atoms with Crippen LogP contribution in [0.5, 0.6) is 5.75 Å². The minimum atomic E-state index is -1.79. The average molecular weight is 471 g/mol. The van der Waals surface area contributed by atoms with E-state index in [2.05, 4.69) is 5.32 Å². The Kier molecular flexibility index (Phi) is 6.03. The zero-order valence-electron chi connectivity index (χ0n) is 17.8. The number of ether oxygens (including phenoxy) is 2. The fourth-order valence-electron chi connectivity index (χ4n) is 3.55. The summed E-state index contributed by atoms with van der Waals surface area (Å²) in [5.74, 6) is -1.21. The topological polar surface area (TPSA) is 84.9 Å². The second-order valence-corrected chi connectivity index (χ2v) is 8.99. The zero-order valence-corrected chi connectivity index (χ0v) is 19.5. The average Bonchev–Trinajstić information content (AvgIpc) is 3.44. The number of hydrogen-bond donors (Lipinski definition) is 1. The highest BCUT2D eigenvalue weighted by Gasteiger charge is 2.50. The summed E-state index contributed by atoms with van der Waals surface area (Å²) < 4.78 is 11.1. The van der Waals surface area contributed by atoms with Gasteiger partial charge in [0.15, 0.2) is 0 Å². The van der Waals surface area contributed by atoms with Crippen molar-refractivity contribution in [2.24, 2.45) is 0 Å². The summed E-state index contributed by atoms with van der Waals surface area (Å²) in [6.45, 7) is 5.59. The molecule has 0 fully saturated rings. The Hall–Kier alpha value is -3.17. The van der Waals surface area contributed by atoms with E-state index in [9.17, 15) is 14.4 Å². The van der Waals surface area contributed by atoms with E-state index >= 15 is 0 Å². The number of fused-ring (bicyclic) bond motifs is 1. The van der Waals surface area contributed by atoms with Gasteiger partial charge in [-0.3, -0.25) is 9.59 Å². The van der Waals surface area contributed by atoms with E-state index in [4.69, 9.17) is 9.47 Å². The Morgan fingerprint density at radius 3 is 2.62 bits per heavy atom. The molecular weight excluding hydrogens is 448 g/mol. The third kappa shape index (κ3) is 3.67. The third-order valence-corrected chi connectivity index (χ3v) is 6.96. The fourth-order valence-corrected chi connectivity index (χ4v) is 5.31. The van der Waals surface area contributed by atoms with E-state index in [0.29, 0.717) is 28.5 Å². The molecule has 0 radical (unpaired) electrons. The first-order valence-electron chi connectivity index (χ1n) is 10.1. The second kappa shape index (κ2) is 8.76. The van der Waals surface area contributed by atoms with Crippen LogP contribution in [0, 0.1) is 0 Å². The van der Waals surface area contributed by atoms with Gasteiger partial charge in [-0.1, -0.05) is 18.2 Å². The molecule has 32 heavy (non-hydrogen) atoms. The summed E-state index contributed by atoms with van der Waals surface area (Å²) >= 11 is 2.69. The van der Waals surface area contributed by atoms with Gasteiger partial charge in [0, 0.05) is 22.4 Å². The predicted octanol–water partition coefficient (Wildman–Crippen LogP) is 4.80. The smallest absolute Gasteiger partial charge is 0.341 e. The summed E-state index contributed by atoms with van der Waals surface area (Å²) in [5, 5.41) is 6.78. The first-order valence-corrected chi connectivity index (χ1v) is 11.9. The van der Waals surface area contributed by atoms with Gasteiger partial charge in [0.1, 0.15) is 16.3 Å². The maximum Gasteiger partial charge on any atom is 0.341 e. The number of nitrogens with zero attached hydrogens (tertiary/aromatic N) is 1. The van der Waals surface area contributed by atoms with Crippen molar-refractivity contribution in [3.05, 3.63) is 52.7 Å². The van der Waals surface area contributed by atoms with Crippen LogP contribution >= 0.6 is 22.7 Å². The van der Waals surface area contributed by atoms with Crippen LogP contribution < -0.4 is 15.0 Å². The SMILES string of the molecule is CCOC(=O)c1c(-c2cccs2)csc1NC(=O)C1(C)Oc2ccccc2N(CC)C1=O. The summed E-state index contributed by atoms with van der Waals surface area (Å²) in [6, 6.07) is 10.9. The van der Waals surface area contributed by atoms with Crippen LogP contribution in [0.15, 0.2) is 47.2 Å². The number of rotatable bonds is 6. The largest absolute Gasteiger partial charge is 0.465 e. The van der Waals surface area contributed by atoms with Crippen LogP contribution in [0.3, 0.4) is 0 Å². The third-order valence-electron chi connectivity index (χ3n) is 5.16. The highest BCUT2D eigenvalue weighted by Crippen LogP contribution is 2.41. The first-order chi connectivity index (χ1) is 15.4. The maximum absolute atomic E-state index is 13.4. The quantitative estimate of drug-likeness (QED) is 0.413. The normalized spacial score (nSPS) is 17.5. The molecule has 1 atom stereocenters. The van der Waals surface area contributed by atoms with Crippen LogP contribution in [0.1, 0.15) is 31.1 Å². The Morgan fingerprint density at radius 2 is 1.94 bits per heavy atom. The van der Waals surface area contributed by atoms with Crippen molar-refractivity contribution in [1.29, 1.82) is 0 Å². The van der Waals surface area contributed by atoms with Crippen molar-refractivity contribution in [2.75, 3.05) is 23.4 Å². The van der Waals surface area contributed by atoms with Gasteiger partial charge in [-0.25, -0.2) is 4.79 Å². The summed E-state index contributed by atoms with van der Waals surface area (Å²) in [7, 11) is 0. The van der Waals surface area contributed by atoms with Gasteiger partial charge in [0.25, 0.3) is 17.4 Å². The van der Waals surface area contributed by atoms with E-state index < -0.39 is 23.4 Å². The second-order valence-electron chi connectivity index (χ2n) is 7.16. The number of carbonyl (C=O) groups excluding carboxylic acids is 3. The molecule has 166 valence electrons. The molecule has 0 aliphatic carbocycles. The van der Waals surface area contributed by atoms with Gasteiger partial charge in [0.05, 0.1) is 12.3 Å². The molecule has 0 bridgehead atoms. The zero-order chi connectivity index (χ0) is 22.9. The van der Waals surface area contributed by atoms with Crippen molar-refractivity contribution in [3.8, 4) is 16.2 Å². The Bertz CT molecular complexity index is 1170. The number of likely N-dealkylation sites (N-methyl/N-ethyl adjacent to an activating group) is 1. The van der Waals surface area contributed by atoms with E-state index in [1.54, 1.807) is 30.5 Å². The first kappa shape index (κ1) is 22.0. The number of para-hydroxylation sites is 2. The highest BCUT2D eigenvalue weighted by molar-refractivity contribution is 7.17. The highest BCUT2D eigenvalue weighted by atomic mass is 32.1. The number of nitrogens with one attached hydrogen (secondary N) is 1. The summed E-state index contributed by atoms with van der Waals surface area (Å²) in [6.07, 6.45) is 0. The number of hydrogen-bond acceptors (Lipinski definition) is 7. The molecule has 3 heterocycles. The number of anilines is 2. The standard InChI is InChI=1S/C23H22N2O5S2/c1-4-25-15-9-6-7-10-16(15)30-23(3,22(25)28)21(27)24-19-18(20(26)29-5-2)14(13-32-19)17-11-8-12-31-17/h6-13H,4-5H2,1-3H3,(H,24,27). The van der Waals surface area contributed by atoms with Crippen molar-refractivity contribution in [2.45, 2.75) is 26.4 Å². The van der Waals surface area contributed by atoms with Gasteiger partial charge in [-0.2, -0.15) is 0 Å². The molecule has 1 aliphatic heterocycles. The lowest BCUT2D eigenvalue weighted by atomic mass is 9.99. The van der Waals surface area contributed by atoms with Crippen LogP contribution in [0.2, 0.25) is 0 Å². The minimum absolute atomic E-state index is 0.202. The molecule has 2 aromatic heterocycles. The molecule has 4 rings (SSSR count). The molecule has 3 aromatic rings. The van der Waals surface area contributed by atoms with E-state index in [-0.39, 0.29) is 12.2 Å². The fraction of sp³-hybridized carbons (Fsp3) is 0.261. The molecule has 1 N–H and O–H groups in total. The summed E-state index contributed by atoms with van der Waals surface area (Å²) in [5.41, 5.74) is -0.218. The van der Waals surface area contributed by atoms with Crippen LogP contribution in [-0.2, 0) is 14.3 Å². The lowest BCUT2D eigenvalue weighted by Crippen LogP contribution is -2.60. The van der Waals surface area contributed by atoms with Gasteiger partial charge in [0.2, 0.25) is 0 Å². The van der Waals surface area contributed by atoms with Crippen molar-refractivity contribution in [3.63, 3.8) is 0 Å². The Balaban J connectivity index is 1.70. The molecule has 1 aromatic carbocycles. The Morgan fingerprint density at radius 1 is 1.16 bits per heavy atom. The molecule has 2 amide bonds. The monoisotopic (exact) mass is 470 g/mol. The van der Waals surface area contributed by atoms with Crippen LogP contribution in [0.4, 0.5) is 10.7 Å². The lowest BCUT2D eigenvalue weighted by Gasteiger charge is -2.39. The van der Waals surface area contributed by atoms with E-state index in [0.717, 1.165) is 4.88 Å². The molecule has 1 unspecified atom stereocenters. The number of carbonyl (C=O) groups is 3. The van der Waals surface area contributed by atoms with Crippen LogP contribution in [-0.4, -0.2) is 36.5 Å². The maximum atomic E-state index is 13.4. The van der Waals surface area contributed by atoms with Gasteiger partial charge in [-0.05, 0) is 44.4 Å². The summed E-state index contributed by atoms with van der Waals surface area (Å²) in [4.78, 5) is 41.8. The molecule has 0 spiro atoms.